The number of hydrogen-bond donors (Lipinski definition) is 1. The monoisotopic (exact) mass is 256 g/mol. The first-order chi connectivity index (χ1) is 8.15. The Morgan fingerprint density at radius 3 is 3.00 bits per heavy atom. The Morgan fingerprint density at radius 1 is 1.53 bits per heavy atom. The molecule has 1 aromatic carbocycles. The lowest BCUT2D eigenvalue weighted by Crippen LogP contribution is -2.24. The summed E-state index contributed by atoms with van der Waals surface area (Å²) in [5.74, 6) is 0.378. The van der Waals surface area contributed by atoms with Crippen LogP contribution in [0, 0.1) is 11.7 Å². The van der Waals surface area contributed by atoms with Crippen molar-refractivity contribution in [3.63, 3.8) is 0 Å². The summed E-state index contributed by atoms with van der Waals surface area (Å²) < 4.78 is 13.0. The highest BCUT2D eigenvalue weighted by Crippen LogP contribution is 2.16. The molecule has 0 bridgehead atoms. The molecular weight excluding hydrogens is 239 g/mol. The van der Waals surface area contributed by atoms with E-state index in [1.165, 1.54) is 19.0 Å². The van der Waals surface area contributed by atoms with Gasteiger partial charge in [-0.1, -0.05) is 17.7 Å². The standard InChI is InChI=1S/C13H18ClFN2/c1-17-5-4-11(9-17)8-16-7-10-2-3-13(15)12(14)6-10/h2-3,6,11,16H,4-5,7-9H2,1H3. The highest BCUT2D eigenvalue weighted by Gasteiger charge is 2.18. The topological polar surface area (TPSA) is 15.3 Å². The molecule has 1 heterocycles. The van der Waals surface area contributed by atoms with Crippen molar-refractivity contribution in [2.24, 2.45) is 5.92 Å². The van der Waals surface area contributed by atoms with Crippen LogP contribution >= 0.6 is 11.6 Å². The Hall–Kier alpha value is -0.640. The van der Waals surface area contributed by atoms with Gasteiger partial charge in [0.05, 0.1) is 5.02 Å². The minimum atomic E-state index is -0.354. The molecule has 0 aromatic heterocycles. The van der Waals surface area contributed by atoms with Crippen LogP contribution < -0.4 is 5.32 Å². The van der Waals surface area contributed by atoms with Crippen molar-refractivity contribution in [2.45, 2.75) is 13.0 Å². The van der Waals surface area contributed by atoms with Gasteiger partial charge in [-0.25, -0.2) is 4.39 Å². The number of halogens is 2. The molecule has 0 amide bonds. The Bertz CT molecular complexity index is 384. The first-order valence-corrected chi connectivity index (χ1v) is 6.36. The van der Waals surface area contributed by atoms with Crippen LogP contribution in [0.15, 0.2) is 18.2 Å². The zero-order valence-electron chi connectivity index (χ0n) is 10.0. The Balaban J connectivity index is 1.76. The zero-order valence-corrected chi connectivity index (χ0v) is 10.8. The maximum atomic E-state index is 13.0. The third kappa shape index (κ3) is 3.66. The van der Waals surface area contributed by atoms with E-state index in [9.17, 15) is 4.39 Å². The fourth-order valence-corrected chi connectivity index (χ4v) is 2.47. The molecule has 4 heteroatoms. The summed E-state index contributed by atoms with van der Waals surface area (Å²) in [5.41, 5.74) is 1.03. The molecule has 1 saturated heterocycles. The van der Waals surface area contributed by atoms with Gasteiger partial charge in [-0.3, -0.25) is 0 Å². The van der Waals surface area contributed by atoms with Crippen LogP contribution in [-0.4, -0.2) is 31.6 Å². The van der Waals surface area contributed by atoms with Gasteiger partial charge >= 0.3 is 0 Å². The highest BCUT2D eigenvalue weighted by atomic mass is 35.5. The lowest BCUT2D eigenvalue weighted by molar-refractivity contribution is 0.388. The van der Waals surface area contributed by atoms with Crippen molar-refractivity contribution in [2.75, 3.05) is 26.7 Å². The summed E-state index contributed by atoms with van der Waals surface area (Å²) in [6.45, 7) is 4.12. The molecule has 1 atom stereocenters. The first-order valence-electron chi connectivity index (χ1n) is 5.98. The molecule has 0 aliphatic carbocycles. The van der Waals surface area contributed by atoms with Crippen LogP contribution in [0.5, 0.6) is 0 Å². The van der Waals surface area contributed by atoms with E-state index < -0.39 is 0 Å². The van der Waals surface area contributed by atoms with Gasteiger partial charge in [0.15, 0.2) is 0 Å². The third-order valence-electron chi connectivity index (χ3n) is 3.24. The minimum absolute atomic E-state index is 0.199. The second kappa shape index (κ2) is 5.80. The molecule has 0 radical (unpaired) electrons. The molecule has 1 unspecified atom stereocenters. The second-order valence-corrected chi connectivity index (χ2v) is 5.20. The van der Waals surface area contributed by atoms with E-state index in [0.717, 1.165) is 31.1 Å². The van der Waals surface area contributed by atoms with Gasteiger partial charge in [0, 0.05) is 13.1 Å². The van der Waals surface area contributed by atoms with Crippen LogP contribution in [0.4, 0.5) is 4.39 Å². The Kier molecular flexibility index (Phi) is 4.37. The maximum Gasteiger partial charge on any atom is 0.141 e. The van der Waals surface area contributed by atoms with E-state index in [0.29, 0.717) is 0 Å². The number of nitrogens with zero attached hydrogens (tertiary/aromatic N) is 1. The van der Waals surface area contributed by atoms with E-state index in [2.05, 4.69) is 17.3 Å². The van der Waals surface area contributed by atoms with Gasteiger partial charge in [-0.15, -0.1) is 0 Å². The van der Waals surface area contributed by atoms with Crippen LogP contribution in [-0.2, 0) is 6.54 Å². The Morgan fingerprint density at radius 2 is 2.35 bits per heavy atom. The number of benzene rings is 1. The summed E-state index contributed by atoms with van der Waals surface area (Å²) in [5, 5.41) is 3.60. The first kappa shape index (κ1) is 12.8. The predicted octanol–water partition coefficient (Wildman–Crippen LogP) is 2.52. The molecule has 1 fully saturated rings. The number of nitrogens with one attached hydrogen (secondary N) is 1. The van der Waals surface area contributed by atoms with Gasteiger partial charge in [0.1, 0.15) is 5.82 Å². The smallest absolute Gasteiger partial charge is 0.141 e. The highest BCUT2D eigenvalue weighted by molar-refractivity contribution is 6.30. The summed E-state index contributed by atoms with van der Waals surface area (Å²) in [6, 6.07) is 4.88. The molecule has 17 heavy (non-hydrogen) atoms. The van der Waals surface area contributed by atoms with E-state index in [1.54, 1.807) is 12.1 Å². The normalized spacial score (nSPS) is 21.0. The molecule has 2 nitrogen and oxygen atoms in total. The van der Waals surface area contributed by atoms with Crippen LogP contribution in [0.1, 0.15) is 12.0 Å². The molecule has 2 rings (SSSR count). The minimum Gasteiger partial charge on any atom is -0.312 e. The molecule has 0 spiro atoms. The van der Waals surface area contributed by atoms with Crippen molar-refractivity contribution in [3.05, 3.63) is 34.6 Å². The average Bonchev–Trinajstić information content (AvgIpc) is 2.70. The molecule has 1 aromatic rings. The Labute approximate surface area is 107 Å². The van der Waals surface area contributed by atoms with Gasteiger partial charge in [-0.2, -0.15) is 0 Å². The zero-order chi connectivity index (χ0) is 12.3. The van der Waals surface area contributed by atoms with Crippen LogP contribution in [0.3, 0.4) is 0 Å². The van der Waals surface area contributed by atoms with Crippen molar-refractivity contribution >= 4 is 11.6 Å². The maximum absolute atomic E-state index is 13.0. The molecule has 1 aliphatic heterocycles. The average molecular weight is 257 g/mol. The van der Waals surface area contributed by atoms with Crippen molar-refractivity contribution < 1.29 is 4.39 Å². The van der Waals surface area contributed by atoms with Crippen molar-refractivity contribution in [3.8, 4) is 0 Å². The van der Waals surface area contributed by atoms with Crippen LogP contribution in [0.2, 0.25) is 5.02 Å². The predicted molar refractivity (Wildman–Crippen MR) is 68.7 cm³/mol. The number of hydrogen-bond acceptors (Lipinski definition) is 2. The molecule has 94 valence electrons. The molecule has 1 N–H and O–H groups in total. The number of rotatable bonds is 4. The largest absolute Gasteiger partial charge is 0.312 e. The second-order valence-electron chi connectivity index (χ2n) is 4.80. The van der Waals surface area contributed by atoms with E-state index in [1.807, 2.05) is 0 Å². The summed E-state index contributed by atoms with van der Waals surface area (Å²) >= 11 is 5.73. The van der Waals surface area contributed by atoms with Gasteiger partial charge < -0.3 is 10.2 Å². The van der Waals surface area contributed by atoms with Crippen LogP contribution in [0.25, 0.3) is 0 Å². The lowest BCUT2D eigenvalue weighted by Gasteiger charge is -2.11. The number of likely N-dealkylation sites (tertiary alicyclic amines) is 1. The summed E-state index contributed by atoms with van der Waals surface area (Å²) in [7, 11) is 2.15. The van der Waals surface area contributed by atoms with E-state index >= 15 is 0 Å². The summed E-state index contributed by atoms with van der Waals surface area (Å²) in [6.07, 6.45) is 1.26. The van der Waals surface area contributed by atoms with Crippen molar-refractivity contribution in [1.82, 2.24) is 10.2 Å². The van der Waals surface area contributed by atoms with Gasteiger partial charge in [0.2, 0.25) is 0 Å². The molecular formula is C13H18ClFN2. The fourth-order valence-electron chi connectivity index (χ4n) is 2.26. The summed E-state index contributed by atoms with van der Waals surface area (Å²) in [4.78, 5) is 2.35. The third-order valence-corrected chi connectivity index (χ3v) is 3.52. The van der Waals surface area contributed by atoms with Gasteiger partial charge in [0.25, 0.3) is 0 Å². The SMILES string of the molecule is CN1CCC(CNCc2ccc(F)c(Cl)c2)C1. The van der Waals surface area contributed by atoms with Crippen molar-refractivity contribution in [1.29, 1.82) is 0 Å². The van der Waals surface area contributed by atoms with E-state index in [-0.39, 0.29) is 10.8 Å². The molecule has 1 aliphatic rings. The lowest BCUT2D eigenvalue weighted by atomic mass is 10.1. The molecule has 0 saturated carbocycles. The fraction of sp³-hybridized carbons (Fsp3) is 0.538. The van der Waals surface area contributed by atoms with Gasteiger partial charge in [-0.05, 0) is 50.2 Å². The quantitative estimate of drug-likeness (QED) is 0.891. The van der Waals surface area contributed by atoms with E-state index in [4.69, 9.17) is 11.6 Å².